The topological polar surface area (TPSA) is 420 Å². The molecule has 4 bridgehead atoms. The Balaban J connectivity index is 0.000000206. The molecule has 2 aromatic carbocycles. The van der Waals surface area contributed by atoms with E-state index in [1.807, 2.05) is 13.8 Å². The van der Waals surface area contributed by atoms with Gasteiger partial charge in [0, 0.05) is 79.9 Å². The van der Waals surface area contributed by atoms with Gasteiger partial charge in [-0.15, -0.1) is 0 Å². The van der Waals surface area contributed by atoms with Gasteiger partial charge in [-0.25, -0.2) is 37.5 Å². The Labute approximate surface area is 735 Å². The third-order valence-corrected chi connectivity index (χ3v) is 28.3. The summed E-state index contributed by atoms with van der Waals surface area (Å²) < 4.78 is 119. The molecule has 127 heavy (non-hydrogen) atoms. The Kier molecular flexibility index (Phi) is 25.8. The molecule has 7 N–H and O–H groups in total. The monoisotopic (exact) mass is 1770 g/mol. The van der Waals surface area contributed by atoms with Crippen LogP contribution in [-0.4, -0.2) is 247 Å². The highest BCUT2D eigenvalue weighted by molar-refractivity contribution is 5.90. The smallest absolute Gasteiger partial charge is 0.408 e. The van der Waals surface area contributed by atoms with Crippen molar-refractivity contribution < 1.29 is 139 Å². The molecule has 4 aromatic rings. The van der Waals surface area contributed by atoms with E-state index in [9.17, 15) is 63.9 Å². The van der Waals surface area contributed by atoms with E-state index < -0.39 is 249 Å². The summed E-state index contributed by atoms with van der Waals surface area (Å²) in [5.41, 5.74) is -12.6. The highest BCUT2D eigenvalue weighted by Crippen LogP contribution is 2.70. The number of esters is 6. The minimum atomic E-state index is -2.26. The van der Waals surface area contributed by atoms with E-state index in [0.29, 0.717) is 61.1 Å². The van der Waals surface area contributed by atoms with Gasteiger partial charge in [-0.1, -0.05) is 84.5 Å². The average molecular weight is 1770 g/mol. The first-order chi connectivity index (χ1) is 59.6. The Morgan fingerprint density at radius 1 is 0.583 bits per heavy atom. The molecule has 2 amide bonds. The number of rotatable bonds is 20. The van der Waals surface area contributed by atoms with Crippen LogP contribution in [0.2, 0.25) is 0 Å². The van der Waals surface area contributed by atoms with Gasteiger partial charge in [-0.2, -0.15) is 0 Å². The Morgan fingerprint density at radius 3 is 1.35 bits per heavy atom. The number of hydrogen-bond donors (Lipinski definition) is 7. The number of aromatic nitrogens is 2. The van der Waals surface area contributed by atoms with Crippen LogP contribution >= 0.6 is 0 Å². The lowest BCUT2D eigenvalue weighted by molar-refractivity contribution is -0.345. The van der Waals surface area contributed by atoms with Crippen LogP contribution in [0.1, 0.15) is 200 Å². The van der Waals surface area contributed by atoms with E-state index in [1.54, 1.807) is 144 Å². The van der Waals surface area contributed by atoms with Crippen molar-refractivity contribution >= 4 is 48.0 Å². The number of carbonyl (C=O) groups is 8. The molecule has 690 valence electrons. The Hall–Kier alpha value is -9.30. The summed E-state index contributed by atoms with van der Waals surface area (Å²) in [5.74, 6) is -9.24. The number of likely N-dealkylation sites (tertiary alicyclic amines) is 1. The van der Waals surface area contributed by atoms with Crippen molar-refractivity contribution in [1.29, 1.82) is 0 Å². The molecule has 2 aromatic heterocycles. The average Bonchev–Trinajstić information content (AvgIpc) is 1.64. The van der Waals surface area contributed by atoms with Crippen LogP contribution in [0.5, 0.6) is 0 Å². The van der Waals surface area contributed by atoms with Crippen molar-refractivity contribution in [3.63, 3.8) is 0 Å². The van der Waals surface area contributed by atoms with Crippen molar-refractivity contribution in [2.75, 3.05) is 32.9 Å². The van der Waals surface area contributed by atoms with Crippen molar-refractivity contribution in [1.82, 2.24) is 25.5 Å². The lowest BCUT2D eigenvalue weighted by Crippen LogP contribution is -2.79. The first kappa shape index (κ1) is 93.8. The van der Waals surface area contributed by atoms with Gasteiger partial charge in [0.25, 0.3) is 0 Å². The first-order valence-corrected chi connectivity index (χ1v) is 43.2. The molecular weight excluding hydrogens is 1660 g/mol. The van der Waals surface area contributed by atoms with Crippen LogP contribution in [0.15, 0.2) is 132 Å². The van der Waals surface area contributed by atoms with Gasteiger partial charge in [-0.05, 0) is 164 Å². The van der Waals surface area contributed by atoms with Gasteiger partial charge in [0.05, 0.1) is 55.0 Å². The summed E-state index contributed by atoms with van der Waals surface area (Å²) in [6.45, 7) is 31.4. The van der Waals surface area contributed by atoms with Gasteiger partial charge < -0.3 is 102 Å². The van der Waals surface area contributed by atoms with E-state index in [2.05, 4.69) is 32.1 Å². The molecule has 5 saturated heterocycles. The molecule has 6 aliphatic carbocycles. The molecule has 0 unspecified atom stereocenters. The largest absolute Gasteiger partial charge is 0.456 e. The SMILES string of the molecule is C=C[C@@H]1O[C@@H]2C3=C(C)[C@@H](OC(=O)[C@H](O)[C@@H](NC(=O)OC(C)(C)C)c4ncccc4F)C[C@@](O)([C@@H](OC(=O)c4ccccc4)[C@H]4[C@@](C)(CC[C@H]5OC[C@]54OC(C)=O)[C@@H]2O1)C3(C)C.CC(=O)O[C@@]12CO[C@@H]1CC[C@@]1(C)[C@@H]3O[C@H](CN4CC[C@H]4CO)O[C@@H]3C3=C(C)[C@@H](OC(=O)[C@H](O)[C@@H](NC(=O)OC(C)(C)C)c4ncccc4F)C[C@@](O)([C@@H](OC(=O)c4ccccc4)[C@@H]12)C3(C)C. The van der Waals surface area contributed by atoms with E-state index in [1.165, 1.54) is 44.4 Å². The van der Waals surface area contributed by atoms with Crippen LogP contribution < -0.4 is 10.6 Å². The second-order valence-corrected chi connectivity index (χ2v) is 38.9. The fraction of sp³-hybridized carbons (Fsp3) is 0.613. The fourth-order valence-electron chi connectivity index (χ4n) is 22.1. The van der Waals surface area contributed by atoms with E-state index in [4.69, 9.17) is 66.3 Å². The van der Waals surface area contributed by atoms with Crippen LogP contribution in [0.25, 0.3) is 0 Å². The number of aliphatic hydroxyl groups is 5. The molecular formula is C93H117F2N5O27. The summed E-state index contributed by atoms with van der Waals surface area (Å²) in [5, 5.41) is 66.0. The lowest BCUT2D eigenvalue weighted by atomic mass is 9.45. The van der Waals surface area contributed by atoms with Crippen LogP contribution in [-0.2, 0) is 85.5 Å². The number of amides is 2. The molecule has 0 radical (unpaired) electrons. The molecule has 0 spiro atoms. The number of alkyl carbamates (subject to hydrolysis) is 2. The molecule has 7 heterocycles. The summed E-state index contributed by atoms with van der Waals surface area (Å²) in [6, 6.07) is 17.5. The Bertz CT molecular complexity index is 4940. The number of fused-ring (bicyclic) bond motifs is 16. The lowest BCUT2D eigenvalue weighted by Gasteiger charge is -2.68. The maximum Gasteiger partial charge on any atom is 0.408 e. The third-order valence-electron chi connectivity index (χ3n) is 28.3. The zero-order valence-corrected chi connectivity index (χ0v) is 74.3. The number of halogens is 2. The van der Waals surface area contributed by atoms with E-state index in [-0.39, 0.29) is 37.0 Å². The molecule has 34 heteroatoms. The number of ether oxygens (including phenoxy) is 14. The Morgan fingerprint density at radius 2 is 0.992 bits per heavy atom. The molecule has 25 atom stereocenters. The van der Waals surface area contributed by atoms with E-state index in [0.717, 1.165) is 18.6 Å². The second-order valence-electron chi connectivity index (χ2n) is 38.9. The van der Waals surface area contributed by atoms with Crippen LogP contribution in [0.3, 0.4) is 0 Å². The minimum absolute atomic E-state index is 0.0511. The number of nitrogens with one attached hydrogen (secondary N) is 2. The maximum absolute atomic E-state index is 15.4. The quantitative estimate of drug-likeness (QED) is 0.0246. The zero-order chi connectivity index (χ0) is 92.2. The normalized spacial score (nSPS) is 35.1. The first-order valence-electron chi connectivity index (χ1n) is 43.2. The van der Waals surface area contributed by atoms with Crippen LogP contribution in [0, 0.1) is 45.1 Å². The summed E-state index contributed by atoms with van der Waals surface area (Å²) in [6.07, 6.45) is -13.3. The predicted octanol–water partition coefficient (Wildman–Crippen LogP) is 9.26. The fourth-order valence-corrected chi connectivity index (χ4v) is 22.1. The van der Waals surface area contributed by atoms with Gasteiger partial charge in [0.15, 0.2) is 36.0 Å². The predicted molar refractivity (Wildman–Crippen MR) is 442 cm³/mol. The summed E-state index contributed by atoms with van der Waals surface area (Å²) in [4.78, 5) is 120. The van der Waals surface area contributed by atoms with Crippen molar-refractivity contribution in [3.05, 3.63) is 166 Å². The highest BCUT2D eigenvalue weighted by Gasteiger charge is 2.80. The second kappa shape index (κ2) is 34.9. The van der Waals surface area contributed by atoms with E-state index >= 15 is 8.78 Å². The number of nitrogens with zero attached hydrogens (tertiary/aromatic N) is 3. The van der Waals surface area contributed by atoms with Crippen molar-refractivity contribution in [3.8, 4) is 0 Å². The molecule has 15 rings (SSSR count). The van der Waals surface area contributed by atoms with Gasteiger partial charge in [-0.3, -0.25) is 24.5 Å². The molecule has 11 aliphatic rings. The molecule has 9 fully saturated rings. The van der Waals surface area contributed by atoms with Gasteiger partial charge >= 0.3 is 48.0 Å². The summed E-state index contributed by atoms with van der Waals surface area (Å²) >= 11 is 0. The number of benzene rings is 2. The summed E-state index contributed by atoms with van der Waals surface area (Å²) in [7, 11) is 0. The molecule has 32 nitrogen and oxygen atoms in total. The van der Waals surface area contributed by atoms with Crippen LogP contribution in [0.4, 0.5) is 18.4 Å². The zero-order valence-electron chi connectivity index (χ0n) is 74.3. The number of hydrogen-bond acceptors (Lipinski definition) is 30. The number of aliphatic hydroxyl groups excluding tert-OH is 3. The minimum Gasteiger partial charge on any atom is -0.456 e. The van der Waals surface area contributed by atoms with Gasteiger partial charge in [0.2, 0.25) is 0 Å². The standard InChI is InChI=1S/C48H62FN3O14.C45H55FN2O13/c1-25-30(61-42(57)36(55)35(34-29(49)15-12-19-50-34)51-43(58)66-44(3,4)5)21-48(59)40(64-41(56)27-13-10-9-11-14-27)38-46(8,18-16-31-47(38,24-60-31)65-26(2)54)39-37(33(25)45(48,6)7)62-32(63-39)22-52-20-17-28(52)23-53;1-10-29-57-34-30-23(2)27(56-39(52)33(50)32(31-26(46)17-14-20-47-31)48-40(53)61-41(4,5)6)21-45(54,42(30,7)8)37(59-38(51)25-15-12-11-13-16-25)35-43(9,36(34)58-29)19-18-28-44(35,22-55-28)60-24(3)49/h9-15,19,28,30-32,35-40,53,55,59H,16-18,20-24H2,1-8H3,(H,51,58);10-17,20,27-29,32-37,50,54H,1,18-19,21-22H2,2-9H3,(H,48,53)/t28-,30-,31+,32+,35-,36+,37+,38-,39+,40-,46+,47-,48+;27-,28+,29+,32-,33+,34+,35-,36+,37-,43+,44-,45+/m00/s1. The third kappa shape index (κ3) is 16.9. The molecule has 4 saturated carbocycles. The van der Waals surface area contributed by atoms with Crippen molar-refractivity contribution in [2.45, 2.75) is 293 Å². The number of pyridine rings is 2. The molecule has 5 aliphatic heterocycles. The van der Waals surface area contributed by atoms with Gasteiger partial charge in [0.1, 0.15) is 106 Å². The maximum atomic E-state index is 15.4. The highest BCUT2D eigenvalue weighted by atomic mass is 19.1. The van der Waals surface area contributed by atoms with Crippen molar-refractivity contribution in [2.24, 2.45) is 33.5 Å². The number of carbonyl (C=O) groups excluding carboxylic acids is 8.